The predicted molar refractivity (Wildman–Crippen MR) is 65.2 cm³/mol. The van der Waals surface area contributed by atoms with Crippen LogP contribution in [-0.2, 0) is 6.42 Å². The Morgan fingerprint density at radius 2 is 2.33 bits per heavy atom. The lowest BCUT2D eigenvalue weighted by atomic mass is 9.94. The number of hydrogen-bond acceptors (Lipinski definition) is 2. The highest BCUT2D eigenvalue weighted by atomic mass is 79.9. The van der Waals surface area contributed by atoms with Gasteiger partial charge < -0.3 is 10.5 Å². The molecule has 0 radical (unpaired) electrons. The van der Waals surface area contributed by atoms with E-state index in [1.54, 1.807) is 0 Å². The summed E-state index contributed by atoms with van der Waals surface area (Å²) in [4.78, 5) is 0. The number of nitrogens with two attached hydrogens (primary N) is 1. The van der Waals surface area contributed by atoms with Gasteiger partial charge >= 0.3 is 0 Å². The molecule has 0 amide bonds. The van der Waals surface area contributed by atoms with Gasteiger partial charge in [0.05, 0.1) is 0 Å². The lowest BCUT2D eigenvalue weighted by Crippen LogP contribution is -2.30. The standard InChI is InChI=1S/C12H16BrNO/c1-12(5-2-6-14)8-9-7-10(13)3-4-11(9)15-12/h3-4,7H,2,5-6,8,14H2,1H3. The Morgan fingerprint density at radius 3 is 3.07 bits per heavy atom. The molecule has 82 valence electrons. The van der Waals surface area contributed by atoms with Crippen molar-refractivity contribution >= 4 is 15.9 Å². The van der Waals surface area contributed by atoms with E-state index in [-0.39, 0.29) is 5.60 Å². The molecule has 0 saturated carbocycles. The van der Waals surface area contributed by atoms with Crippen LogP contribution in [0.15, 0.2) is 22.7 Å². The largest absolute Gasteiger partial charge is 0.487 e. The van der Waals surface area contributed by atoms with Gasteiger partial charge in [-0.3, -0.25) is 0 Å². The summed E-state index contributed by atoms with van der Waals surface area (Å²) in [5, 5.41) is 0. The zero-order valence-corrected chi connectivity index (χ0v) is 10.5. The van der Waals surface area contributed by atoms with Gasteiger partial charge in [-0.05, 0) is 50.1 Å². The fourth-order valence-corrected chi connectivity index (χ4v) is 2.51. The van der Waals surface area contributed by atoms with Crippen LogP contribution in [0.1, 0.15) is 25.3 Å². The molecule has 2 N–H and O–H groups in total. The summed E-state index contributed by atoms with van der Waals surface area (Å²) in [6.07, 6.45) is 3.03. The second kappa shape index (κ2) is 4.14. The summed E-state index contributed by atoms with van der Waals surface area (Å²) in [5.41, 5.74) is 6.77. The number of fused-ring (bicyclic) bond motifs is 1. The average Bonchev–Trinajstić information content (AvgIpc) is 2.51. The Morgan fingerprint density at radius 1 is 1.53 bits per heavy atom. The van der Waals surface area contributed by atoms with Crippen LogP contribution in [0, 0.1) is 0 Å². The Kier molecular flexibility index (Phi) is 3.03. The van der Waals surface area contributed by atoms with Crippen molar-refractivity contribution in [2.45, 2.75) is 31.8 Å². The Balaban J connectivity index is 2.14. The molecule has 2 nitrogen and oxygen atoms in total. The second-order valence-electron chi connectivity index (χ2n) is 4.37. The molecule has 1 heterocycles. The van der Waals surface area contributed by atoms with E-state index < -0.39 is 0 Å². The van der Waals surface area contributed by atoms with Gasteiger partial charge in [-0.2, -0.15) is 0 Å². The molecule has 0 saturated heterocycles. The van der Waals surface area contributed by atoms with Gasteiger partial charge in [0.2, 0.25) is 0 Å². The topological polar surface area (TPSA) is 35.2 Å². The number of benzene rings is 1. The summed E-state index contributed by atoms with van der Waals surface area (Å²) >= 11 is 3.48. The summed E-state index contributed by atoms with van der Waals surface area (Å²) in [7, 11) is 0. The molecular formula is C12H16BrNO. The van der Waals surface area contributed by atoms with Crippen LogP contribution in [0.4, 0.5) is 0 Å². The van der Waals surface area contributed by atoms with Crippen LogP contribution in [0.5, 0.6) is 5.75 Å². The molecule has 3 heteroatoms. The average molecular weight is 270 g/mol. The molecular weight excluding hydrogens is 254 g/mol. The number of ether oxygens (including phenoxy) is 1. The van der Waals surface area contributed by atoms with Crippen molar-refractivity contribution in [2.75, 3.05) is 6.54 Å². The Hall–Kier alpha value is -0.540. The van der Waals surface area contributed by atoms with Gasteiger partial charge in [0, 0.05) is 10.9 Å². The molecule has 15 heavy (non-hydrogen) atoms. The van der Waals surface area contributed by atoms with Gasteiger partial charge in [0.25, 0.3) is 0 Å². The third-order valence-corrected chi connectivity index (χ3v) is 3.35. The first-order chi connectivity index (χ1) is 7.13. The zero-order chi connectivity index (χ0) is 10.9. The summed E-state index contributed by atoms with van der Waals surface area (Å²) in [5.74, 6) is 1.03. The highest BCUT2D eigenvalue weighted by Crippen LogP contribution is 2.38. The van der Waals surface area contributed by atoms with Crippen molar-refractivity contribution in [1.29, 1.82) is 0 Å². The molecule has 1 aliphatic rings. The minimum absolute atomic E-state index is 0.0531. The predicted octanol–water partition coefficient (Wildman–Crippen LogP) is 2.88. The van der Waals surface area contributed by atoms with Crippen LogP contribution < -0.4 is 10.5 Å². The van der Waals surface area contributed by atoms with E-state index >= 15 is 0 Å². The van der Waals surface area contributed by atoms with Gasteiger partial charge in [-0.15, -0.1) is 0 Å². The number of hydrogen-bond donors (Lipinski definition) is 1. The van der Waals surface area contributed by atoms with E-state index in [1.165, 1.54) is 5.56 Å². The monoisotopic (exact) mass is 269 g/mol. The first-order valence-corrected chi connectivity index (χ1v) is 6.10. The van der Waals surface area contributed by atoms with E-state index in [4.69, 9.17) is 10.5 Å². The zero-order valence-electron chi connectivity index (χ0n) is 8.92. The molecule has 1 atom stereocenters. The van der Waals surface area contributed by atoms with Crippen molar-refractivity contribution in [3.63, 3.8) is 0 Å². The highest BCUT2D eigenvalue weighted by molar-refractivity contribution is 9.10. The summed E-state index contributed by atoms with van der Waals surface area (Å²) in [6, 6.07) is 6.20. The summed E-state index contributed by atoms with van der Waals surface area (Å²) in [6.45, 7) is 2.90. The van der Waals surface area contributed by atoms with E-state index in [0.717, 1.165) is 36.0 Å². The molecule has 0 fully saturated rings. The van der Waals surface area contributed by atoms with E-state index in [2.05, 4.69) is 28.9 Å². The first-order valence-electron chi connectivity index (χ1n) is 5.30. The fraction of sp³-hybridized carbons (Fsp3) is 0.500. The van der Waals surface area contributed by atoms with Crippen LogP contribution >= 0.6 is 15.9 Å². The van der Waals surface area contributed by atoms with E-state index in [9.17, 15) is 0 Å². The lowest BCUT2D eigenvalue weighted by molar-refractivity contribution is 0.104. The van der Waals surface area contributed by atoms with Gasteiger partial charge in [-0.1, -0.05) is 15.9 Å². The smallest absolute Gasteiger partial charge is 0.123 e. The first kappa shape index (κ1) is 11.0. The highest BCUT2D eigenvalue weighted by Gasteiger charge is 2.33. The van der Waals surface area contributed by atoms with Gasteiger partial charge in [0.1, 0.15) is 11.4 Å². The van der Waals surface area contributed by atoms with Crippen molar-refractivity contribution in [3.05, 3.63) is 28.2 Å². The number of rotatable bonds is 3. The van der Waals surface area contributed by atoms with E-state index in [1.807, 2.05) is 12.1 Å². The SMILES string of the molecule is CC1(CCCN)Cc2cc(Br)ccc2O1. The van der Waals surface area contributed by atoms with Crippen LogP contribution in [0.2, 0.25) is 0 Å². The molecule has 1 aromatic rings. The van der Waals surface area contributed by atoms with Crippen molar-refractivity contribution in [1.82, 2.24) is 0 Å². The molecule has 1 aromatic carbocycles. The second-order valence-corrected chi connectivity index (χ2v) is 5.29. The third kappa shape index (κ3) is 2.34. The van der Waals surface area contributed by atoms with Gasteiger partial charge in [-0.25, -0.2) is 0 Å². The molecule has 1 unspecified atom stereocenters. The lowest BCUT2D eigenvalue weighted by Gasteiger charge is -2.23. The van der Waals surface area contributed by atoms with Crippen LogP contribution in [0.25, 0.3) is 0 Å². The minimum atomic E-state index is -0.0531. The van der Waals surface area contributed by atoms with Crippen molar-refractivity contribution in [3.8, 4) is 5.75 Å². The van der Waals surface area contributed by atoms with E-state index in [0.29, 0.717) is 0 Å². The molecule has 1 aliphatic heterocycles. The Bertz CT molecular complexity index is 367. The maximum Gasteiger partial charge on any atom is 0.123 e. The fourth-order valence-electron chi connectivity index (χ4n) is 2.11. The summed E-state index contributed by atoms with van der Waals surface area (Å²) < 4.78 is 7.09. The minimum Gasteiger partial charge on any atom is -0.487 e. The third-order valence-electron chi connectivity index (χ3n) is 2.85. The quantitative estimate of drug-likeness (QED) is 0.916. The molecule has 0 spiro atoms. The maximum absolute atomic E-state index is 5.98. The molecule has 2 rings (SSSR count). The normalized spacial score (nSPS) is 23.7. The van der Waals surface area contributed by atoms with Crippen molar-refractivity contribution < 1.29 is 4.74 Å². The maximum atomic E-state index is 5.98. The number of halogens is 1. The van der Waals surface area contributed by atoms with Crippen LogP contribution in [0.3, 0.4) is 0 Å². The van der Waals surface area contributed by atoms with Crippen LogP contribution in [-0.4, -0.2) is 12.1 Å². The molecule has 0 aromatic heterocycles. The molecule has 0 bridgehead atoms. The van der Waals surface area contributed by atoms with Gasteiger partial charge in [0.15, 0.2) is 0 Å². The molecule has 0 aliphatic carbocycles. The Labute approximate surface area is 98.9 Å². The van der Waals surface area contributed by atoms with Crippen molar-refractivity contribution in [2.24, 2.45) is 5.73 Å².